The lowest BCUT2D eigenvalue weighted by molar-refractivity contribution is -0.0745. The second-order valence-corrected chi connectivity index (χ2v) is 5.73. The summed E-state index contributed by atoms with van der Waals surface area (Å²) in [6, 6.07) is 7.60. The number of morpholine rings is 1. The number of aliphatic hydroxyl groups is 1. The lowest BCUT2D eigenvalue weighted by Crippen LogP contribution is -2.49. The van der Waals surface area contributed by atoms with Crippen molar-refractivity contribution in [3.8, 4) is 0 Å². The highest BCUT2D eigenvalue weighted by molar-refractivity contribution is 5.99. The number of nitrogens with zero attached hydrogens (tertiary/aromatic N) is 1. The van der Waals surface area contributed by atoms with E-state index in [0.29, 0.717) is 25.3 Å². The molecule has 1 aliphatic heterocycles. The molecule has 122 valence electrons. The molecule has 0 unspecified atom stereocenters. The molecule has 1 aromatic rings. The molecule has 1 fully saturated rings. The number of carbonyl (C=O) groups excluding carboxylic acids is 1. The van der Waals surface area contributed by atoms with Crippen molar-refractivity contribution in [3.05, 3.63) is 29.8 Å². The van der Waals surface area contributed by atoms with Gasteiger partial charge in [0, 0.05) is 25.3 Å². The summed E-state index contributed by atoms with van der Waals surface area (Å²) in [5.41, 5.74) is 1.56. The van der Waals surface area contributed by atoms with E-state index in [4.69, 9.17) is 4.74 Å². The first-order chi connectivity index (χ1) is 10.6. The molecule has 5 heteroatoms. The monoisotopic (exact) mass is 306 g/mol. The van der Waals surface area contributed by atoms with E-state index in [2.05, 4.69) is 12.2 Å². The Balaban J connectivity index is 2.08. The van der Waals surface area contributed by atoms with Crippen LogP contribution in [0.4, 0.5) is 5.69 Å². The van der Waals surface area contributed by atoms with Gasteiger partial charge >= 0.3 is 0 Å². The minimum Gasteiger partial charge on any atom is -0.391 e. The molecule has 22 heavy (non-hydrogen) atoms. The number of rotatable bonds is 6. The molecule has 1 aliphatic rings. The van der Waals surface area contributed by atoms with Gasteiger partial charge in [0.05, 0.1) is 18.3 Å². The van der Waals surface area contributed by atoms with E-state index in [1.807, 2.05) is 24.3 Å². The second kappa shape index (κ2) is 8.15. The zero-order valence-electron chi connectivity index (χ0n) is 13.4. The number of anilines is 1. The first-order valence-electron chi connectivity index (χ1n) is 8.05. The molecule has 0 aromatic heterocycles. The third-order valence-corrected chi connectivity index (χ3v) is 3.92. The highest BCUT2D eigenvalue weighted by Crippen LogP contribution is 2.19. The summed E-state index contributed by atoms with van der Waals surface area (Å²) >= 11 is 0. The number of amides is 1. The van der Waals surface area contributed by atoms with E-state index >= 15 is 0 Å². The Bertz CT molecular complexity index is 491. The van der Waals surface area contributed by atoms with Gasteiger partial charge in [0.15, 0.2) is 0 Å². The van der Waals surface area contributed by atoms with Crippen molar-refractivity contribution >= 4 is 11.6 Å². The lowest BCUT2D eigenvalue weighted by Gasteiger charge is -2.34. The van der Waals surface area contributed by atoms with Gasteiger partial charge in [-0.25, -0.2) is 0 Å². The van der Waals surface area contributed by atoms with Gasteiger partial charge in [-0.3, -0.25) is 4.79 Å². The number of aliphatic hydroxyl groups excluding tert-OH is 1. The minimum absolute atomic E-state index is 0.00597. The van der Waals surface area contributed by atoms with Gasteiger partial charge in [-0.1, -0.05) is 25.5 Å². The predicted molar refractivity (Wildman–Crippen MR) is 87.2 cm³/mol. The SMILES string of the molecule is CCCCNc1ccccc1C(=O)N1CCO[C@@H]([C@H](C)O)C1. The molecule has 1 aromatic carbocycles. The summed E-state index contributed by atoms with van der Waals surface area (Å²) in [5.74, 6) is -0.00597. The maximum atomic E-state index is 12.8. The van der Waals surface area contributed by atoms with Crippen LogP contribution in [0.25, 0.3) is 0 Å². The van der Waals surface area contributed by atoms with Gasteiger partial charge in [-0.2, -0.15) is 0 Å². The average molecular weight is 306 g/mol. The first-order valence-corrected chi connectivity index (χ1v) is 8.05. The Hall–Kier alpha value is -1.59. The number of hydrogen-bond donors (Lipinski definition) is 2. The minimum atomic E-state index is -0.575. The van der Waals surface area contributed by atoms with Crippen LogP contribution in [0.3, 0.4) is 0 Å². The van der Waals surface area contributed by atoms with Gasteiger partial charge in [0.1, 0.15) is 6.10 Å². The summed E-state index contributed by atoms with van der Waals surface area (Å²) in [6.07, 6.45) is 1.30. The van der Waals surface area contributed by atoms with E-state index in [0.717, 1.165) is 25.1 Å². The summed E-state index contributed by atoms with van der Waals surface area (Å²) < 4.78 is 5.51. The number of unbranched alkanes of at least 4 members (excludes halogenated alkanes) is 1. The van der Waals surface area contributed by atoms with Crippen LogP contribution < -0.4 is 5.32 Å². The normalized spacial score (nSPS) is 19.8. The molecule has 2 N–H and O–H groups in total. The fourth-order valence-corrected chi connectivity index (χ4v) is 2.55. The van der Waals surface area contributed by atoms with Gasteiger partial charge in [-0.05, 0) is 25.5 Å². The molecular formula is C17H26N2O3. The van der Waals surface area contributed by atoms with Crippen LogP contribution in [0.5, 0.6) is 0 Å². The van der Waals surface area contributed by atoms with Crippen LogP contribution in [0.15, 0.2) is 24.3 Å². The van der Waals surface area contributed by atoms with Crippen LogP contribution >= 0.6 is 0 Å². The molecule has 2 atom stereocenters. The lowest BCUT2D eigenvalue weighted by atomic mass is 10.1. The average Bonchev–Trinajstić information content (AvgIpc) is 2.55. The molecule has 0 bridgehead atoms. The van der Waals surface area contributed by atoms with Crippen molar-refractivity contribution in [1.82, 2.24) is 4.90 Å². The molecule has 1 heterocycles. The van der Waals surface area contributed by atoms with Crippen molar-refractivity contribution in [3.63, 3.8) is 0 Å². The summed E-state index contributed by atoms with van der Waals surface area (Å²) in [4.78, 5) is 14.5. The molecule has 0 spiro atoms. The third-order valence-electron chi connectivity index (χ3n) is 3.92. The van der Waals surface area contributed by atoms with E-state index in [1.54, 1.807) is 11.8 Å². The smallest absolute Gasteiger partial charge is 0.256 e. The van der Waals surface area contributed by atoms with Gasteiger partial charge in [0.25, 0.3) is 5.91 Å². The standard InChI is InChI=1S/C17H26N2O3/c1-3-4-9-18-15-8-6-5-7-14(15)17(21)19-10-11-22-16(12-19)13(2)20/h5-8,13,16,18,20H,3-4,9-12H2,1-2H3/t13-,16+/m0/s1. The Morgan fingerprint density at radius 2 is 2.27 bits per heavy atom. The second-order valence-electron chi connectivity index (χ2n) is 5.73. The molecule has 5 nitrogen and oxygen atoms in total. The van der Waals surface area contributed by atoms with E-state index in [-0.39, 0.29) is 12.0 Å². The quantitative estimate of drug-likeness (QED) is 0.790. The highest BCUT2D eigenvalue weighted by atomic mass is 16.5. The van der Waals surface area contributed by atoms with Crippen molar-refractivity contribution in [2.24, 2.45) is 0 Å². The van der Waals surface area contributed by atoms with Gasteiger partial charge in [0.2, 0.25) is 0 Å². The molecular weight excluding hydrogens is 280 g/mol. The number of ether oxygens (including phenoxy) is 1. The van der Waals surface area contributed by atoms with E-state index < -0.39 is 6.10 Å². The fraction of sp³-hybridized carbons (Fsp3) is 0.588. The molecule has 1 amide bonds. The van der Waals surface area contributed by atoms with Crippen molar-refractivity contribution in [2.45, 2.75) is 38.9 Å². The highest BCUT2D eigenvalue weighted by Gasteiger charge is 2.28. The van der Waals surface area contributed by atoms with E-state index in [9.17, 15) is 9.90 Å². The fourth-order valence-electron chi connectivity index (χ4n) is 2.55. The van der Waals surface area contributed by atoms with Crippen LogP contribution in [0, 0.1) is 0 Å². The third kappa shape index (κ3) is 4.21. The largest absolute Gasteiger partial charge is 0.391 e. The Morgan fingerprint density at radius 1 is 1.50 bits per heavy atom. The maximum absolute atomic E-state index is 12.8. The summed E-state index contributed by atoms with van der Waals surface area (Å²) in [6.45, 7) is 6.15. The Morgan fingerprint density at radius 3 is 3.00 bits per heavy atom. The van der Waals surface area contributed by atoms with Crippen molar-refractivity contribution < 1.29 is 14.6 Å². The zero-order valence-corrected chi connectivity index (χ0v) is 13.4. The number of benzene rings is 1. The van der Waals surface area contributed by atoms with Gasteiger partial charge in [-0.15, -0.1) is 0 Å². The van der Waals surface area contributed by atoms with Crippen LogP contribution in [0.1, 0.15) is 37.0 Å². The van der Waals surface area contributed by atoms with Crippen molar-refractivity contribution in [2.75, 3.05) is 31.6 Å². The Kier molecular flexibility index (Phi) is 6.21. The molecule has 0 saturated carbocycles. The van der Waals surface area contributed by atoms with Crippen molar-refractivity contribution in [1.29, 1.82) is 0 Å². The number of carbonyl (C=O) groups is 1. The van der Waals surface area contributed by atoms with Crippen LogP contribution in [-0.2, 0) is 4.74 Å². The summed E-state index contributed by atoms with van der Waals surface area (Å²) in [5, 5.41) is 13.0. The molecule has 0 aliphatic carbocycles. The predicted octanol–water partition coefficient (Wildman–Crippen LogP) is 2.12. The van der Waals surface area contributed by atoms with E-state index in [1.165, 1.54) is 0 Å². The van der Waals surface area contributed by atoms with Crippen LogP contribution in [-0.4, -0.2) is 54.4 Å². The van der Waals surface area contributed by atoms with Gasteiger partial charge < -0.3 is 20.1 Å². The maximum Gasteiger partial charge on any atom is 0.256 e. The number of hydrogen-bond acceptors (Lipinski definition) is 4. The zero-order chi connectivity index (χ0) is 15.9. The van der Waals surface area contributed by atoms with Crippen LogP contribution in [0.2, 0.25) is 0 Å². The molecule has 2 rings (SSSR count). The molecule has 0 radical (unpaired) electrons. The number of para-hydroxylation sites is 1. The Labute approximate surface area is 132 Å². The topological polar surface area (TPSA) is 61.8 Å². The summed E-state index contributed by atoms with van der Waals surface area (Å²) in [7, 11) is 0. The number of nitrogens with one attached hydrogen (secondary N) is 1. The molecule has 1 saturated heterocycles. The first kappa shape index (κ1) is 16.8.